The Labute approximate surface area is 211 Å². The molecule has 0 amide bonds. The predicted molar refractivity (Wildman–Crippen MR) is 135 cm³/mol. The number of ether oxygens (including phenoxy) is 2. The molecule has 0 unspecified atom stereocenters. The summed E-state index contributed by atoms with van der Waals surface area (Å²) < 4.78 is 10.2. The third kappa shape index (κ3) is 8.54. The van der Waals surface area contributed by atoms with E-state index in [1.54, 1.807) is 14.2 Å². The number of aliphatic imine (C=N–C) groups is 1. The molecule has 1 fully saturated rings. The van der Waals surface area contributed by atoms with Gasteiger partial charge in [-0.25, -0.2) is 0 Å². The van der Waals surface area contributed by atoms with Gasteiger partial charge in [-0.2, -0.15) is 0 Å². The van der Waals surface area contributed by atoms with Crippen molar-refractivity contribution < 1.29 is 27.4 Å². The van der Waals surface area contributed by atoms with Gasteiger partial charge in [0.25, 0.3) is 0 Å². The van der Waals surface area contributed by atoms with Crippen molar-refractivity contribution in [1.82, 2.24) is 0 Å². The van der Waals surface area contributed by atoms with Crippen LogP contribution in [-0.4, -0.2) is 19.9 Å². The van der Waals surface area contributed by atoms with E-state index in [0.717, 1.165) is 58.1 Å². The molecule has 5 heteroatoms. The van der Waals surface area contributed by atoms with Crippen molar-refractivity contribution in [2.45, 2.75) is 41.5 Å². The molecule has 0 atom stereocenters. The van der Waals surface area contributed by atoms with E-state index in [0.29, 0.717) is 0 Å². The molecule has 0 spiro atoms. The molecular formula is C27H39ClIrNO2. The maximum absolute atomic E-state index is 5.12. The fourth-order valence-corrected chi connectivity index (χ4v) is 4.07. The molecule has 1 aliphatic rings. The molecule has 0 bridgehead atoms. The van der Waals surface area contributed by atoms with Gasteiger partial charge in [0.15, 0.2) is 0 Å². The van der Waals surface area contributed by atoms with Crippen LogP contribution in [0.5, 0.6) is 11.5 Å². The average Bonchev–Trinajstić information content (AvgIpc) is 2.99. The molecule has 0 N–H and O–H groups in total. The van der Waals surface area contributed by atoms with Gasteiger partial charge in [0.2, 0.25) is 0 Å². The number of benzene rings is 2. The topological polar surface area (TPSA) is 30.8 Å². The Balaban J connectivity index is 0.000000628. The van der Waals surface area contributed by atoms with Crippen LogP contribution in [0.2, 0.25) is 0 Å². The maximum atomic E-state index is 5.12. The molecule has 0 aliphatic heterocycles. The Bertz CT molecular complexity index is 747. The van der Waals surface area contributed by atoms with Crippen LogP contribution in [0.1, 0.15) is 47.1 Å². The summed E-state index contributed by atoms with van der Waals surface area (Å²) in [4.78, 5) is 4.55. The average molecular weight is 637 g/mol. The minimum atomic E-state index is 0. The van der Waals surface area contributed by atoms with Gasteiger partial charge in [0.05, 0.1) is 19.9 Å². The SMILES string of the molecule is CC1C(C)C(C)C(C)C1C.COc1c[c-]c(C(C)=Nc2ccc(OC)cc2)cc1.[CH3-].[Cl][Ir+2]. The van der Waals surface area contributed by atoms with Crippen LogP contribution < -0.4 is 9.47 Å². The van der Waals surface area contributed by atoms with Gasteiger partial charge in [0, 0.05) is 5.75 Å². The van der Waals surface area contributed by atoms with Crippen LogP contribution in [0.4, 0.5) is 5.69 Å². The monoisotopic (exact) mass is 637 g/mol. The number of halogens is 1. The van der Waals surface area contributed by atoms with E-state index in [1.807, 2.05) is 49.4 Å². The Hall–Kier alpha value is -1.35. The molecule has 0 aromatic heterocycles. The summed E-state index contributed by atoms with van der Waals surface area (Å²) in [6, 6.07) is 16.4. The van der Waals surface area contributed by atoms with Gasteiger partial charge < -0.3 is 21.9 Å². The second-order valence-corrected chi connectivity index (χ2v) is 8.33. The number of hydrogen-bond donors (Lipinski definition) is 0. The van der Waals surface area contributed by atoms with Crippen LogP contribution >= 0.6 is 9.58 Å². The summed E-state index contributed by atoms with van der Waals surface area (Å²) in [6.45, 7) is 14.0. The van der Waals surface area contributed by atoms with Gasteiger partial charge in [-0.15, -0.1) is 29.8 Å². The summed E-state index contributed by atoms with van der Waals surface area (Å²) in [5.41, 5.74) is 2.76. The van der Waals surface area contributed by atoms with Gasteiger partial charge in [-0.3, -0.25) is 0 Å². The van der Waals surface area contributed by atoms with Crippen LogP contribution in [0, 0.1) is 43.1 Å². The second kappa shape index (κ2) is 15.5. The van der Waals surface area contributed by atoms with E-state index in [1.165, 1.54) is 17.9 Å². The molecule has 2 aromatic carbocycles. The van der Waals surface area contributed by atoms with Gasteiger partial charge in [-0.05, 0) is 59.6 Å². The Morgan fingerprint density at radius 1 is 0.781 bits per heavy atom. The molecule has 3 nitrogen and oxygen atoms in total. The summed E-state index contributed by atoms with van der Waals surface area (Å²) in [6.07, 6.45) is 0. The number of hydrogen-bond acceptors (Lipinski definition) is 3. The van der Waals surface area contributed by atoms with Crippen molar-refractivity contribution in [3.63, 3.8) is 0 Å². The first-order valence-corrected chi connectivity index (χ1v) is 13.6. The van der Waals surface area contributed by atoms with Crippen molar-refractivity contribution in [1.29, 1.82) is 0 Å². The Kier molecular flexibility index (Phi) is 14.8. The molecule has 0 radical (unpaired) electrons. The number of nitrogens with zero attached hydrogens (tertiary/aromatic N) is 1. The van der Waals surface area contributed by atoms with Gasteiger partial charge >= 0.3 is 27.5 Å². The van der Waals surface area contributed by atoms with Crippen molar-refractivity contribution in [3.05, 3.63) is 61.5 Å². The first-order chi connectivity index (χ1) is 14.8. The zero-order chi connectivity index (χ0) is 23.6. The molecule has 180 valence electrons. The van der Waals surface area contributed by atoms with E-state index in [-0.39, 0.29) is 7.43 Å². The normalized spacial score (nSPS) is 24.2. The molecular weight excluding hydrogens is 598 g/mol. The standard InChI is InChI=1S/C16H16NO2.C10H20.CH3.ClH.Ir/c1-12(13-4-8-15(18-2)9-5-13)17-14-6-10-16(19-3)11-7-14;1-6-7(2)9(4)10(5)8(6)3;;;/h4,6-11H,1-3H3;6-10H,1-5H3;1H3;1H;/q-1;;-1;;+3/p-1. The molecule has 0 heterocycles. The fraction of sp³-hybridized carbons (Fsp3) is 0.481. The minimum absolute atomic E-state index is 0. The van der Waals surface area contributed by atoms with Crippen molar-refractivity contribution >= 4 is 21.0 Å². The summed E-state index contributed by atoms with van der Waals surface area (Å²) in [5.74, 6) is 6.30. The third-order valence-corrected chi connectivity index (χ3v) is 6.93. The van der Waals surface area contributed by atoms with Gasteiger partial charge in [0.1, 0.15) is 5.75 Å². The first-order valence-electron chi connectivity index (χ1n) is 10.7. The van der Waals surface area contributed by atoms with Crippen molar-refractivity contribution in [3.8, 4) is 11.5 Å². The van der Waals surface area contributed by atoms with E-state index in [9.17, 15) is 0 Å². The first kappa shape index (κ1) is 30.6. The van der Waals surface area contributed by atoms with E-state index in [2.05, 4.69) is 55.3 Å². The zero-order valence-electron chi connectivity index (χ0n) is 20.9. The van der Waals surface area contributed by atoms with Crippen LogP contribution in [-0.2, 0) is 17.9 Å². The quantitative estimate of drug-likeness (QED) is 0.252. The van der Waals surface area contributed by atoms with E-state index < -0.39 is 0 Å². The number of rotatable bonds is 4. The molecule has 1 saturated carbocycles. The molecule has 3 rings (SSSR count). The summed E-state index contributed by atoms with van der Waals surface area (Å²) in [7, 11) is 7.93. The fourth-order valence-electron chi connectivity index (χ4n) is 4.07. The Morgan fingerprint density at radius 2 is 1.19 bits per heavy atom. The zero-order valence-corrected chi connectivity index (χ0v) is 24.1. The second-order valence-electron chi connectivity index (χ2n) is 8.33. The molecule has 1 aliphatic carbocycles. The summed E-state index contributed by atoms with van der Waals surface area (Å²) in [5, 5.41) is 0. The number of methoxy groups -OCH3 is 2. The van der Waals surface area contributed by atoms with Crippen molar-refractivity contribution in [2.75, 3.05) is 14.2 Å². The van der Waals surface area contributed by atoms with E-state index in [4.69, 9.17) is 9.47 Å². The molecule has 0 saturated heterocycles. The van der Waals surface area contributed by atoms with Crippen LogP contribution in [0.3, 0.4) is 0 Å². The third-order valence-electron chi connectivity index (χ3n) is 6.93. The van der Waals surface area contributed by atoms with Crippen molar-refractivity contribution in [2.24, 2.45) is 34.6 Å². The van der Waals surface area contributed by atoms with Crippen LogP contribution in [0.25, 0.3) is 0 Å². The molecule has 2 aromatic rings. The van der Waals surface area contributed by atoms with Crippen LogP contribution in [0.15, 0.2) is 47.5 Å². The Morgan fingerprint density at radius 3 is 1.53 bits per heavy atom. The predicted octanol–water partition coefficient (Wildman–Crippen LogP) is 7.96. The van der Waals surface area contributed by atoms with Gasteiger partial charge in [-0.1, -0.05) is 41.5 Å². The molecule has 32 heavy (non-hydrogen) atoms. The van der Waals surface area contributed by atoms with E-state index >= 15 is 0 Å². The summed E-state index contributed by atoms with van der Waals surface area (Å²) >= 11 is 1.47.